The Hall–Kier alpha value is -2.73. The SMILES string of the molecule is COc1ccc2c(c1)OC[C@@H](CNC(=O)c1ccc(N3CCN(C)CC3)cc1)C2. The van der Waals surface area contributed by atoms with Gasteiger partial charge in [-0.1, -0.05) is 6.07 Å². The number of methoxy groups -OCH3 is 1. The van der Waals surface area contributed by atoms with Crippen LogP contribution in [0.25, 0.3) is 0 Å². The van der Waals surface area contributed by atoms with E-state index in [1.807, 2.05) is 42.5 Å². The van der Waals surface area contributed by atoms with Crippen LogP contribution in [-0.2, 0) is 6.42 Å². The Kier molecular flexibility index (Phi) is 5.90. The average Bonchev–Trinajstić information content (AvgIpc) is 2.77. The summed E-state index contributed by atoms with van der Waals surface area (Å²) in [6.07, 6.45) is 0.891. The van der Waals surface area contributed by atoms with E-state index in [1.165, 1.54) is 5.69 Å². The van der Waals surface area contributed by atoms with Gasteiger partial charge >= 0.3 is 0 Å². The van der Waals surface area contributed by atoms with Gasteiger partial charge < -0.3 is 24.6 Å². The van der Waals surface area contributed by atoms with Gasteiger partial charge in [-0.2, -0.15) is 0 Å². The number of carbonyl (C=O) groups is 1. The summed E-state index contributed by atoms with van der Waals surface area (Å²) in [7, 11) is 3.80. The van der Waals surface area contributed by atoms with E-state index in [1.54, 1.807) is 7.11 Å². The molecule has 6 heteroatoms. The molecule has 0 saturated carbocycles. The number of likely N-dealkylation sites (N-methyl/N-ethyl adjacent to an activating group) is 1. The summed E-state index contributed by atoms with van der Waals surface area (Å²) in [5, 5.41) is 3.06. The highest BCUT2D eigenvalue weighted by Crippen LogP contribution is 2.30. The lowest BCUT2D eigenvalue weighted by Crippen LogP contribution is -2.44. The lowest BCUT2D eigenvalue weighted by Gasteiger charge is -2.34. The summed E-state index contributed by atoms with van der Waals surface area (Å²) < 4.78 is 11.1. The summed E-state index contributed by atoms with van der Waals surface area (Å²) in [5.74, 6) is 1.92. The Labute approximate surface area is 172 Å². The normalized spacial score (nSPS) is 19.2. The van der Waals surface area contributed by atoms with E-state index in [-0.39, 0.29) is 11.8 Å². The van der Waals surface area contributed by atoms with E-state index in [0.717, 1.165) is 49.7 Å². The Morgan fingerprint density at radius 3 is 2.62 bits per heavy atom. The van der Waals surface area contributed by atoms with Crippen molar-refractivity contribution in [1.29, 1.82) is 0 Å². The van der Waals surface area contributed by atoms with E-state index < -0.39 is 0 Å². The fourth-order valence-electron chi connectivity index (χ4n) is 3.90. The van der Waals surface area contributed by atoms with E-state index in [2.05, 4.69) is 22.2 Å². The molecular weight excluding hydrogens is 366 g/mol. The molecule has 154 valence electrons. The highest BCUT2D eigenvalue weighted by Gasteiger charge is 2.21. The van der Waals surface area contributed by atoms with E-state index in [9.17, 15) is 4.79 Å². The maximum Gasteiger partial charge on any atom is 0.251 e. The molecule has 4 rings (SSSR count). The molecule has 1 atom stereocenters. The van der Waals surface area contributed by atoms with Gasteiger partial charge in [0.2, 0.25) is 0 Å². The molecule has 29 heavy (non-hydrogen) atoms. The maximum absolute atomic E-state index is 12.6. The van der Waals surface area contributed by atoms with Crippen LogP contribution < -0.4 is 19.7 Å². The average molecular weight is 396 g/mol. The van der Waals surface area contributed by atoms with Gasteiger partial charge in [-0.15, -0.1) is 0 Å². The first-order valence-electron chi connectivity index (χ1n) is 10.2. The lowest BCUT2D eigenvalue weighted by atomic mass is 9.96. The third-order valence-electron chi connectivity index (χ3n) is 5.81. The molecule has 2 aromatic rings. The molecule has 0 aliphatic carbocycles. The minimum atomic E-state index is -0.0320. The molecule has 2 aromatic carbocycles. The number of benzene rings is 2. The summed E-state index contributed by atoms with van der Waals surface area (Å²) in [5.41, 5.74) is 3.04. The van der Waals surface area contributed by atoms with Crippen LogP contribution >= 0.6 is 0 Å². The lowest BCUT2D eigenvalue weighted by molar-refractivity contribution is 0.0939. The molecule has 1 N–H and O–H groups in total. The zero-order valence-electron chi connectivity index (χ0n) is 17.2. The second-order valence-electron chi connectivity index (χ2n) is 7.90. The fraction of sp³-hybridized carbons (Fsp3) is 0.435. The van der Waals surface area contributed by atoms with E-state index in [0.29, 0.717) is 18.7 Å². The van der Waals surface area contributed by atoms with Crippen LogP contribution in [0.4, 0.5) is 5.69 Å². The van der Waals surface area contributed by atoms with Crippen LogP contribution in [0.2, 0.25) is 0 Å². The molecule has 1 fully saturated rings. The number of anilines is 1. The Balaban J connectivity index is 1.29. The smallest absolute Gasteiger partial charge is 0.251 e. The molecule has 2 aliphatic rings. The van der Waals surface area contributed by atoms with Crippen molar-refractivity contribution in [2.45, 2.75) is 6.42 Å². The van der Waals surface area contributed by atoms with E-state index in [4.69, 9.17) is 9.47 Å². The monoisotopic (exact) mass is 395 g/mol. The predicted molar refractivity (Wildman–Crippen MR) is 114 cm³/mol. The largest absolute Gasteiger partial charge is 0.497 e. The van der Waals surface area contributed by atoms with Crippen molar-refractivity contribution in [2.24, 2.45) is 5.92 Å². The number of fused-ring (bicyclic) bond motifs is 1. The number of hydrogen-bond donors (Lipinski definition) is 1. The van der Waals surface area contributed by atoms with Gasteiger partial charge in [0, 0.05) is 56.0 Å². The van der Waals surface area contributed by atoms with Crippen LogP contribution in [0.5, 0.6) is 11.5 Å². The molecule has 1 amide bonds. The van der Waals surface area contributed by atoms with Gasteiger partial charge in [0.05, 0.1) is 13.7 Å². The molecular formula is C23H29N3O3. The fourth-order valence-corrected chi connectivity index (χ4v) is 3.90. The summed E-state index contributed by atoms with van der Waals surface area (Å²) in [6, 6.07) is 13.8. The van der Waals surface area contributed by atoms with Crippen molar-refractivity contribution in [3.05, 3.63) is 53.6 Å². The molecule has 2 heterocycles. The van der Waals surface area contributed by atoms with Crippen molar-refractivity contribution in [2.75, 3.05) is 58.4 Å². The van der Waals surface area contributed by atoms with Gasteiger partial charge in [-0.25, -0.2) is 0 Å². The minimum Gasteiger partial charge on any atom is -0.497 e. The first kappa shape index (κ1) is 19.6. The van der Waals surface area contributed by atoms with Crippen LogP contribution in [0.1, 0.15) is 15.9 Å². The molecule has 0 bridgehead atoms. The number of hydrogen-bond acceptors (Lipinski definition) is 5. The van der Waals surface area contributed by atoms with Crippen molar-refractivity contribution < 1.29 is 14.3 Å². The standard InChI is InChI=1S/C23H29N3O3/c1-25-9-11-26(12-10-25)20-6-3-18(4-7-20)23(27)24-15-17-13-19-5-8-21(28-2)14-22(19)29-16-17/h3-8,14,17H,9-13,15-16H2,1-2H3,(H,24,27)/t17-/m1/s1. The van der Waals surface area contributed by atoms with E-state index >= 15 is 0 Å². The van der Waals surface area contributed by atoms with Crippen molar-refractivity contribution >= 4 is 11.6 Å². The first-order chi connectivity index (χ1) is 14.1. The zero-order chi connectivity index (χ0) is 20.2. The third-order valence-corrected chi connectivity index (χ3v) is 5.81. The quantitative estimate of drug-likeness (QED) is 0.843. The summed E-state index contributed by atoms with van der Waals surface area (Å²) in [4.78, 5) is 17.3. The van der Waals surface area contributed by atoms with Crippen molar-refractivity contribution in [1.82, 2.24) is 10.2 Å². The van der Waals surface area contributed by atoms with Crippen LogP contribution in [-0.4, -0.2) is 64.3 Å². The van der Waals surface area contributed by atoms with Gasteiger partial charge in [0.1, 0.15) is 11.5 Å². The number of nitrogens with one attached hydrogen (secondary N) is 1. The summed E-state index contributed by atoms with van der Waals surface area (Å²) >= 11 is 0. The predicted octanol–water partition coefficient (Wildman–Crippen LogP) is 2.43. The number of amides is 1. The zero-order valence-corrected chi connectivity index (χ0v) is 17.2. The van der Waals surface area contributed by atoms with Gasteiger partial charge in [0.15, 0.2) is 0 Å². The van der Waals surface area contributed by atoms with Crippen LogP contribution in [0, 0.1) is 5.92 Å². The Morgan fingerprint density at radius 2 is 1.90 bits per heavy atom. The second-order valence-corrected chi connectivity index (χ2v) is 7.90. The molecule has 0 radical (unpaired) electrons. The van der Waals surface area contributed by atoms with Gasteiger partial charge in [-0.05, 0) is 49.4 Å². The molecule has 2 aliphatic heterocycles. The number of ether oxygens (including phenoxy) is 2. The number of nitrogens with zero attached hydrogens (tertiary/aromatic N) is 2. The van der Waals surface area contributed by atoms with Crippen molar-refractivity contribution in [3.8, 4) is 11.5 Å². The number of piperazine rings is 1. The summed E-state index contributed by atoms with van der Waals surface area (Å²) in [6.45, 7) is 5.39. The topological polar surface area (TPSA) is 54.0 Å². The maximum atomic E-state index is 12.6. The van der Waals surface area contributed by atoms with Gasteiger partial charge in [0.25, 0.3) is 5.91 Å². The highest BCUT2D eigenvalue weighted by atomic mass is 16.5. The highest BCUT2D eigenvalue weighted by molar-refractivity contribution is 5.94. The second kappa shape index (κ2) is 8.74. The first-order valence-corrected chi connectivity index (χ1v) is 10.2. The van der Waals surface area contributed by atoms with Crippen molar-refractivity contribution in [3.63, 3.8) is 0 Å². The molecule has 6 nitrogen and oxygen atoms in total. The molecule has 1 saturated heterocycles. The molecule has 0 unspecified atom stereocenters. The minimum absolute atomic E-state index is 0.0320. The number of rotatable bonds is 5. The Morgan fingerprint density at radius 1 is 1.14 bits per heavy atom. The van der Waals surface area contributed by atoms with Crippen LogP contribution in [0.3, 0.4) is 0 Å². The van der Waals surface area contributed by atoms with Gasteiger partial charge in [-0.3, -0.25) is 4.79 Å². The number of carbonyl (C=O) groups excluding carboxylic acids is 1. The molecule has 0 spiro atoms. The Bertz CT molecular complexity index is 845. The molecule has 0 aromatic heterocycles. The van der Waals surface area contributed by atoms with Crippen LogP contribution in [0.15, 0.2) is 42.5 Å². The third kappa shape index (κ3) is 4.65.